The summed E-state index contributed by atoms with van der Waals surface area (Å²) in [7, 11) is 0. The third-order valence-electron chi connectivity index (χ3n) is 5.34. The van der Waals surface area contributed by atoms with Gasteiger partial charge in [-0.2, -0.15) is 9.78 Å². The monoisotopic (exact) mass is 531 g/mol. The lowest BCUT2D eigenvalue weighted by Gasteiger charge is -2.13. The maximum absolute atomic E-state index is 13.4. The number of ether oxygens (including phenoxy) is 1. The van der Waals surface area contributed by atoms with E-state index in [4.69, 9.17) is 9.15 Å². The van der Waals surface area contributed by atoms with Gasteiger partial charge in [-0.15, -0.1) is 0 Å². The summed E-state index contributed by atoms with van der Waals surface area (Å²) in [5, 5.41) is 14.9. The molecule has 0 radical (unpaired) electrons. The Morgan fingerprint density at radius 2 is 1.91 bits per heavy atom. The van der Waals surface area contributed by atoms with Crippen LogP contribution in [0.2, 0.25) is 0 Å². The van der Waals surface area contributed by atoms with Crippen molar-refractivity contribution in [3.8, 4) is 17.3 Å². The number of furan rings is 1. The van der Waals surface area contributed by atoms with Crippen molar-refractivity contribution in [3.63, 3.8) is 0 Å². The molecule has 2 heterocycles. The zero-order valence-corrected chi connectivity index (χ0v) is 20.0. The second kappa shape index (κ2) is 9.19. The summed E-state index contributed by atoms with van der Waals surface area (Å²) in [6.07, 6.45) is 0.359. The Labute approximate surface area is 207 Å². The first kappa shape index (κ1) is 22.5. The average molecular weight is 532 g/mol. The van der Waals surface area contributed by atoms with E-state index in [-0.39, 0.29) is 11.4 Å². The molecule has 0 saturated carbocycles. The van der Waals surface area contributed by atoms with E-state index in [2.05, 4.69) is 26.0 Å². The zero-order chi connectivity index (χ0) is 24.5. The smallest absolute Gasteiger partial charge is 0.344 e. The normalized spacial score (nSPS) is 12.4. The van der Waals surface area contributed by atoms with Crippen molar-refractivity contribution < 1.29 is 19.1 Å². The molecule has 0 spiro atoms. The lowest BCUT2D eigenvalue weighted by atomic mass is 10.2. The minimum atomic E-state index is -1.10. The van der Waals surface area contributed by atoms with Gasteiger partial charge in [-0.3, -0.25) is 4.79 Å². The molecule has 0 amide bonds. The van der Waals surface area contributed by atoms with Crippen LogP contribution >= 0.6 is 15.9 Å². The third-order valence-corrected chi connectivity index (χ3v) is 5.83. The summed E-state index contributed by atoms with van der Waals surface area (Å²) in [6, 6.07) is 21.4. The van der Waals surface area contributed by atoms with Crippen LogP contribution in [0.25, 0.3) is 33.5 Å². The molecule has 5 aromatic rings. The fourth-order valence-corrected chi connectivity index (χ4v) is 3.95. The van der Waals surface area contributed by atoms with Crippen molar-refractivity contribution in [3.05, 3.63) is 93.2 Å². The largest absolute Gasteiger partial charge is 0.479 e. The Bertz CT molecular complexity index is 1640. The maximum atomic E-state index is 13.4. The topological polar surface area (TPSA) is 107 Å². The molecule has 2 aromatic heterocycles. The summed E-state index contributed by atoms with van der Waals surface area (Å²) in [4.78, 5) is 29.4. The number of aromatic nitrogens is 2. The fraction of sp³-hybridized carbons (Fsp3) is 0.0769. The fourth-order valence-electron chi connectivity index (χ4n) is 3.57. The summed E-state index contributed by atoms with van der Waals surface area (Å²) < 4.78 is 13.5. The van der Waals surface area contributed by atoms with Gasteiger partial charge in [-0.1, -0.05) is 46.3 Å². The SMILES string of the molecule is C[C@@H](Oc1ccc(Br)cc1C=Nn1c(-c2cc3ccccc3o2)nc2ccccc2c1=O)C(=O)O. The molecule has 0 saturated heterocycles. The van der Waals surface area contributed by atoms with Crippen LogP contribution in [-0.2, 0) is 4.79 Å². The van der Waals surface area contributed by atoms with Gasteiger partial charge in [0.1, 0.15) is 11.3 Å². The van der Waals surface area contributed by atoms with Gasteiger partial charge in [0.05, 0.1) is 17.1 Å². The van der Waals surface area contributed by atoms with Crippen molar-refractivity contribution in [2.75, 3.05) is 0 Å². The van der Waals surface area contributed by atoms with Gasteiger partial charge in [-0.05, 0) is 49.4 Å². The molecular formula is C26H18BrN3O5. The Hall–Kier alpha value is -4.24. The van der Waals surface area contributed by atoms with Crippen molar-refractivity contribution >= 4 is 50.0 Å². The molecule has 9 heteroatoms. The lowest BCUT2D eigenvalue weighted by molar-refractivity contribution is -0.144. The Kier molecular flexibility index (Phi) is 5.92. The first-order valence-corrected chi connectivity index (χ1v) is 11.4. The molecule has 0 unspecified atom stereocenters. The Morgan fingerprint density at radius 3 is 2.71 bits per heavy atom. The van der Waals surface area contributed by atoms with Crippen LogP contribution in [-0.4, -0.2) is 33.1 Å². The highest BCUT2D eigenvalue weighted by Gasteiger charge is 2.17. The van der Waals surface area contributed by atoms with Crippen LogP contribution in [0.5, 0.6) is 5.75 Å². The zero-order valence-electron chi connectivity index (χ0n) is 18.4. The van der Waals surface area contributed by atoms with Gasteiger partial charge in [0.25, 0.3) is 5.56 Å². The number of hydrogen-bond donors (Lipinski definition) is 1. The van der Waals surface area contributed by atoms with Gasteiger partial charge < -0.3 is 14.3 Å². The molecule has 0 bridgehead atoms. The molecule has 0 fully saturated rings. The van der Waals surface area contributed by atoms with E-state index >= 15 is 0 Å². The minimum absolute atomic E-state index is 0.234. The predicted octanol–water partition coefficient (Wildman–Crippen LogP) is 5.31. The molecule has 174 valence electrons. The van der Waals surface area contributed by atoms with Crippen LogP contribution in [0, 0.1) is 0 Å². The number of carboxylic acids is 1. The van der Waals surface area contributed by atoms with Crippen molar-refractivity contribution in [1.29, 1.82) is 0 Å². The van der Waals surface area contributed by atoms with Crippen LogP contribution in [0.15, 0.2) is 91.6 Å². The Morgan fingerprint density at radius 1 is 1.14 bits per heavy atom. The second-order valence-electron chi connectivity index (χ2n) is 7.74. The molecule has 0 aliphatic rings. The number of hydrogen-bond acceptors (Lipinski definition) is 6. The first-order valence-electron chi connectivity index (χ1n) is 10.6. The van der Waals surface area contributed by atoms with E-state index in [9.17, 15) is 14.7 Å². The molecule has 8 nitrogen and oxygen atoms in total. The maximum Gasteiger partial charge on any atom is 0.344 e. The molecule has 35 heavy (non-hydrogen) atoms. The van der Waals surface area contributed by atoms with Crippen LogP contribution < -0.4 is 10.3 Å². The van der Waals surface area contributed by atoms with E-state index in [0.717, 1.165) is 9.86 Å². The molecule has 3 aromatic carbocycles. The standard InChI is InChI=1S/C26H18BrN3O5/c1-15(26(32)33)34-22-11-10-18(27)12-17(22)14-28-30-24(23-13-16-6-2-5-9-21(16)35-23)29-20-8-4-3-7-19(20)25(30)31/h2-15H,1H3,(H,32,33)/t15-/m1/s1. The van der Waals surface area contributed by atoms with E-state index in [1.807, 2.05) is 24.3 Å². The van der Waals surface area contributed by atoms with Gasteiger partial charge in [-0.25, -0.2) is 9.78 Å². The van der Waals surface area contributed by atoms with E-state index in [1.165, 1.54) is 17.8 Å². The van der Waals surface area contributed by atoms with Crippen LogP contribution in [0.4, 0.5) is 0 Å². The first-order chi connectivity index (χ1) is 16.9. The number of para-hydroxylation sites is 2. The van der Waals surface area contributed by atoms with E-state index in [1.54, 1.807) is 48.5 Å². The van der Waals surface area contributed by atoms with E-state index in [0.29, 0.717) is 33.6 Å². The highest BCUT2D eigenvalue weighted by molar-refractivity contribution is 9.10. The van der Waals surface area contributed by atoms with Gasteiger partial charge in [0.15, 0.2) is 11.9 Å². The summed E-state index contributed by atoms with van der Waals surface area (Å²) in [5.74, 6) is -0.175. The number of carboxylic acid groups (broad SMARTS) is 1. The van der Waals surface area contributed by atoms with Gasteiger partial charge in [0, 0.05) is 15.4 Å². The van der Waals surface area contributed by atoms with Crippen LogP contribution in [0.3, 0.4) is 0 Å². The van der Waals surface area contributed by atoms with Crippen molar-refractivity contribution in [2.45, 2.75) is 13.0 Å². The average Bonchev–Trinajstić information content (AvgIpc) is 3.29. The molecule has 1 atom stereocenters. The molecular weight excluding hydrogens is 514 g/mol. The predicted molar refractivity (Wildman–Crippen MR) is 136 cm³/mol. The number of aliphatic carboxylic acids is 1. The quantitative estimate of drug-likeness (QED) is 0.297. The lowest BCUT2D eigenvalue weighted by Crippen LogP contribution is -2.23. The second-order valence-corrected chi connectivity index (χ2v) is 8.66. The number of nitrogens with zero attached hydrogens (tertiary/aromatic N) is 3. The molecule has 0 aliphatic carbocycles. The number of rotatable bonds is 6. The van der Waals surface area contributed by atoms with Gasteiger partial charge in [0.2, 0.25) is 5.82 Å². The molecule has 5 rings (SSSR count). The number of fused-ring (bicyclic) bond motifs is 2. The number of halogens is 1. The number of benzene rings is 3. The highest BCUT2D eigenvalue weighted by Crippen LogP contribution is 2.27. The minimum Gasteiger partial charge on any atom is -0.479 e. The van der Waals surface area contributed by atoms with Crippen LogP contribution in [0.1, 0.15) is 12.5 Å². The summed E-state index contributed by atoms with van der Waals surface area (Å²) in [5.41, 5.74) is 1.27. The third kappa shape index (κ3) is 4.45. The van der Waals surface area contributed by atoms with Crippen molar-refractivity contribution in [2.24, 2.45) is 5.10 Å². The molecule has 0 aliphatic heterocycles. The number of carbonyl (C=O) groups is 1. The Balaban J connectivity index is 1.68. The van der Waals surface area contributed by atoms with E-state index < -0.39 is 12.1 Å². The molecule has 1 N–H and O–H groups in total. The summed E-state index contributed by atoms with van der Waals surface area (Å²) >= 11 is 3.41. The highest BCUT2D eigenvalue weighted by atomic mass is 79.9. The summed E-state index contributed by atoms with van der Waals surface area (Å²) in [6.45, 7) is 1.43. The van der Waals surface area contributed by atoms with Gasteiger partial charge >= 0.3 is 5.97 Å². The van der Waals surface area contributed by atoms with Crippen molar-refractivity contribution in [1.82, 2.24) is 9.66 Å².